The zero-order chi connectivity index (χ0) is 28.6. The van der Waals surface area contributed by atoms with E-state index in [2.05, 4.69) is 10.5 Å². The van der Waals surface area contributed by atoms with Gasteiger partial charge >= 0.3 is 18.2 Å². The number of halogens is 2. The topological polar surface area (TPSA) is 86.2 Å². The van der Waals surface area contributed by atoms with E-state index in [0.717, 1.165) is 10.8 Å². The van der Waals surface area contributed by atoms with E-state index >= 15 is 0 Å². The van der Waals surface area contributed by atoms with Crippen LogP contribution in [0.3, 0.4) is 0 Å². The maximum atomic E-state index is 13.1. The van der Waals surface area contributed by atoms with Crippen LogP contribution in [-0.2, 0) is 4.79 Å². The van der Waals surface area contributed by atoms with Crippen molar-refractivity contribution >= 4 is 52.1 Å². The highest BCUT2D eigenvalue weighted by Gasteiger charge is 2.23. The fourth-order valence-electron chi connectivity index (χ4n) is 3.90. The predicted molar refractivity (Wildman–Crippen MR) is 159 cm³/mol. The Hall–Kier alpha value is -4.85. The minimum atomic E-state index is -1.34. The van der Waals surface area contributed by atoms with Gasteiger partial charge in [0.15, 0.2) is 0 Å². The maximum Gasteiger partial charge on any atom is 0.345 e. The zero-order valence-corrected chi connectivity index (χ0v) is 22.9. The van der Waals surface area contributed by atoms with Crippen molar-refractivity contribution in [2.45, 2.75) is 6.29 Å². The first-order valence-corrected chi connectivity index (χ1v) is 13.2. The standard InChI is InChI=1S/C32H22Cl2N2O5/c33-22-16-17-26(28(34)19-22)31(38)41-29-18-15-21-9-7-8-14-25(21)27(29)20-35-36-30(37)32(39-23-10-3-1-4-11-23)40-24-12-5-2-6-13-24/h1-20,32H,(H,36,37)/b35-20+. The molecule has 1 amide bonds. The molecule has 7 nitrogen and oxygen atoms in total. The summed E-state index contributed by atoms with van der Waals surface area (Å²) in [5.74, 6) is -0.224. The van der Waals surface area contributed by atoms with Crippen molar-refractivity contribution in [3.05, 3.63) is 136 Å². The molecule has 0 aliphatic carbocycles. The van der Waals surface area contributed by atoms with Crippen molar-refractivity contribution in [3.63, 3.8) is 0 Å². The average molecular weight is 585 g/mol. The summed E-state index contributed by atoms with van der Waals surface area (Å²) in [6.45, 7) is 0. The first-order valence-electron chi connectivity index (χ1n) is 12.4. The Morgan fingerprint density at radius 2 is 1.39 bits per heavy atom. The van der Waals surface area contributed by atoms with Crippen LogP contribution in [0.1, 0.15) is 15.9 Å². The Morgan fingerprint density at radius 1 is 0.756 bits per heavy atom. The number of hydrazone groups is 1. The molecular formula is C32H22Cl2N2O5. The number of nitrogens with zero attached hydrogens (tertiary/aromatic N) is 1. The van der Waals surface area contributed by atoms with E-state index in [9.17, 15) is 9.59 Å². The van der Waals surface area contributed by atoms with E-state index in [4.69, 9.17) is 37.4 Å². The van der Waals surface area contributed by atoms with Gasteiger partial charge in [-0.1, -0.05) is 89.9 Å². The molecule has 5 aromatic rings. The largest absolute Gasteiger partial charge is 0.446 e. The quantitative estimate of drug-likeness (QED) is 0.0645. The normalized spacial score (nSPS) is 11.0. The van der Waals surface area contributed by atoms with Gasteiger partial charge < -0.3 is 14.2 Å². The molecule has 0 aromatic heterocycles. The minimum Gasteiger partial charge on any atom is -0.446 e. The molecule has 5 aromatic carbocycles. The Bertz CT molecular complexity index is 1670. The lowest BCUT2D eigenvalue weighted by atomic mass is 10.0. The molecule has 1 N–H and O–H groups in total. The van der Waals surface area contributed by atoms with Crippen LogP contribution in [0.15, 0.2) is 120 Å². The summed E-state index contributed by atoms with van der Waals surface area (Å²) in [4.78, 5) is 26.1. The first-order chi connectivity index (χ1) is 20.0. The average Bonchev–Trinajstić information content (AvgIpc) is 2.98. The number of ether oxygens (including phenoxy) is 3. The van der Waals surface area contributed by atoms with Gasteiger partial charge in [0.1, 0.15) is 17.2 Å². The number of nitrogens with one attached hydrogen (secondary N) is 1. The summed E-state index contributed by atoms with van der Waals surface area (Å²) in [5, 5.41) is 6.33. The van der Waals surface area contributed by atoms with Crippen LogP contribution in [0.4, 0.5) is 0 Å². The number of benzene rings is 5. The van der Waals surface area contributed by atoms with E-state index in [1.54, 1.807) is 60.7 Å². The smallest absolute Gasteiger partial charge is 0.345 e. The molecular weight excluding hydrogens is 563 g/mol. The highest BCUT2D eigenvalue weighted by molar-refractivity contribution is 6.36. The molecule has 0 saturated carbocycles. The van der Waals surface area contributed by atoms with Crippen LogP contribution in [0.25, 0.3) is 10.8 Å². The molecule has 0 unspecified atom stereocenters. The van der Waals surface area contributed by atoms with Gasteiger partial charge in [0.05, 0.1) is 16.8 Å². The van der Waals surface area contributed by atoms with Gasteiger partial charge in [0.2, 0.25) is 0 Å². The fraction of sp³-hybridized carbons (Fsp3) is 0.0312. The van der Waals surface area contributed by atoms with E-state index in [1.807, 2.05) is 42.5 Å². The molecule has 0 fully saturated rings. The second kappa shape index (κ2) is 13.0. The molecule has 0 spiro atoms. The lowest BCUT2D eigenvalue weighted by molar-refractivity contribution is -0.140. The first kappa shape index (κ1) is 27.7. The fourth-order valence-corrected chi connectivity index (χ4v) is 4.38. The Kier molecular flexibility index (Phi) is 8.79. The summed E-state index contributed by atoms with van der Waals surface area (Å²) in [7, 11) is 0. The van der Waals surface area contributed by atoms with Gasteiger partial charge in [0.25, 0.3) is 0 Å². The molecule has 0 aliphatic rings. The number of rotatable bonds is 9. The number of carbonyl (C=O) groups is 2. The predicted octanol–water partition coefficient (Wildman–Crippen LogP) is 7.30. The minimum absolute atomic E-state index is 0.152. The number of esters is 1. The van der Waals surface area contributed by atoms with E-state index in [0.29, 0.717) is 22.1 Å². The monoisotopic (exact) mass is 584 g/mol. The lowest BCUT2D eigenvalue weighted by Gasteiger charge is -2.18. The summed E-state index contributed by atoms with van der Waals surface area (Å²) < 4.78 is 17.3. The van der Waals surface area contributed by atoms with Gasteiger partial charge in [-0.05, 0) is 59.3 Å². The summed E-state index contributed by atoms with van der Waals surface area (Å²) in [5.41, 5.74) is 3.08. The highest BCUT2D eigenvalue weighted by atomic mass is 35.5. The summed E-state index contributed by atoms with van der Waals surface area (Å²) >= 11 is 12.2. The van der Waals surface area contributed by atoms with E-state index in [-0.39, 0.29) is 16.3 Å². The number of hydrogen-bond donors (Lipinski definition) is 1. The van der Waals surface area contributed by atoms with Crippen LogP contribution < -0.4 is 19.6 Å². The third-order valence-corrected chi connectivity index (χ3v) is 6.39. The third kappa shape index (κ3) is 7.03. The summed E-state index contributed by atoms with van der Waals surface area (Å²) in [6.07, 6.45) is 0.0582. The number of para-hydroxylation sites is 2. The van der Waals surface area contributed by atoms with Gasteiger partial charge in [-0.2, -0.15) is 5.10 Å². The molecule has 5 rings (SSSR count). The lowest BCUT2D eigenvalue weighted by Crippen LogP contribution is -2.40. The van der Waals surface area contributed by atoms with Crippen molar-refractivity contribution in [2.24, 2.45) is 5.10 Å². The van der Waals surface area contributed by atoms with Crippen LogP contribution in [0, 0.1) is 0 Å². The van der Waals surface area contributed by atoms with E-state index in [1.165, 1.54) is 18.3 Å². The van der Waals surface area contributed by atoms with Gasteiger partial charge in [0, 0.05) is 10.6 Å². The van der Waals surface area contributed by atoms with Crippen molar-refractivity contribution in [1.82, 2.24) is 5.43 Å². The van der Waals surface area contributed by atoms with Crippen LogP contribution in [0.5, 0.6) is 17.2 Å². The number of carbonyl (C=O) groups excluding carboxylic acids is 2. The maximum absolute atomic E-state index is 13.1. The molecule has 204 valence electrons. The SMILES string of the molecule is O=C(Oc1ccc2ccccc2c1/C=N/NC(=O)C(Oc1ccccc1)Oc1ccccc1)c1ccc(Cl)cc1Cl. The molecule has 9 heteroatoms. The summed E-state index contributed by atoms with van der Waals surface area (Å²) in [6, 6.07) is 33.1. The molecule has 0 bridgehead atoms. The Balaban J connectivity index is 1.40. The third-order valence-electron chi connectivity index (χ3n) is 5.84. The van der Waals surface area contributed by atoms with Gasteiger partial charge in [-0.15, -0.1) is 0 Å². The van der Waals surface area contributed by atoms with Crippen molar-refractivity contribution < 1.29 is 23.8 Å². The van der Waals surface area contributed by atoms with E-state index < -0.39 is 18.2 Å². The zero-order valence-electron chi connectivity index (χ0n) is 21.4. The molecule has 0 saturated heterocycles. The molecule has 41 heavy (non-hydrogen) atoms. The van der Waals surface area contributed by atoms with Gasteiger partial charge in [-0.3, -0.25) is 4.79 Å². The van der Waals surface area contributed by atoms with Crippen LogP contribution in [0.2, 0.25) is 10.0 Å². The number of amides is 1. The Labute approximate surface area is 245 Å². The van der Waals surface area contributed by atoms with Crippen molar-refractivity contribution in [2.75, 3.05) is 0 Å². The molecule has 0 heterocycles. The molecule has 0 aliphatic heterocycles. The molecule has 0 radical (unpaired) electrons. The highest BCUT2D eigenvalue weighted by Crippen LogP contribution is 2.29. The van der Waals surface area contributed by atoms with Crippen LogP contribution in [-0.4, -0.2) is 24.4 Å². The number of hydrogen-bond acceptors (Lipinski definition) is 6. The molecule has 0 atom stereocenters. The van der Waals surface area contributed by atoms with Crippen molar-refractivity contribution in [1.29, 1.82) is 0 Å². The Morgan fingerprint density at radius 3 is 2.05 bits per heavy atom. The second-order valence-electron chi connectivity index (χ2n) is 8.64. The van der Waals surface area contributed by atoms with Crippen molar-refractivity contribution in [3.8, 4) is 17.2 Å². The van der Waals surface area contributed by atoms with Crippen LogP contribution >= 0.6 is 23.2 Å². The van der Waals surface area contributed by atoms with Gasteiger partial charge in [-0.25, -0.2) is 10.2 Å². The number of fused-ring (bicyclic) bond motifs is 1. The second-order valence-corrected chi connectivity index (χ2v) is 9.48.